The van der Waals surface area contributed by atoms with E-state index in [0.717, 1.165) is 56.1 Å². The molecule has 2 aliphatic carbocycles. The molecule has 10 heteroatoms. The van der Waals surface area contributed by atoms with E-state index in [1.165, 1.54) is 19.3 Å². The number of carbonyl (C=O) groups is 3. The van der Waals surface area contributed by atoms with Gasteiger partial charge in [-0.2, -0.15) is 0 Å². The van der Waals surface area contributed by atoms with Crippen LogP contribution in [0.25, 0.3) is 0 Å². The van der Waals surface area contributed by atoms with Crippen LogP contribution in [0.1, 0.15) is 102 Å². The summed E-state index contributed by atoms with van der Waals surface area (Å²) in [5.41, 5.74) is 1.55. The monoisotopic (exact) mass is 646 g/mol. The van der Waals surface area contributed by atoms with Gasteiger partial charge in [0.1, 0.15) is 24.0 Å². The standard InChI is InChI=1S/C37H50N4O6/c1-37(2,28-14-7-4-8-15-28)47-34(43)26-41-25-27-24-31(45-23-13-20-33(42)40(3)29-16-9-5-10-17-29)21-22-32(27)38-35(41)39-36(44)46-30-18-11-6-12-19-30/h4,7-8,14-15,21-22,24,29-30H,5-6,9-13,16-20,23,25-26H2,1-3H3,(H,38,39,44). The fraction of sp³-hybridized carbons (Fsp3) is 0.568. The average Bonchev–Trinajstić information content (AvgIpc) is 3.07. The number of guanidine groups is 1. The van der Waals surface area contributed by atoms with Gasteiger partial charge < -0.3 is 24.0 Å². The highest BCUT2D eigenvalue weighted by Crippen LogP contribution is 2.31. The number of amides is 2. The molecule has 2 saturated carbocycles. The Kier molecular flexibility index (Phi) is 11.8. The first-order valence-corrected chi connectivity index (χ1v) is 17.3. The van der Waals surface area contributed by atoms with Crippen molar-refractivity contribution in [3.05, 3.63) is 59.7 Å². The predicted molar refractivity (Wildman–Crippen MR) is 180 cm³/mol. The van der Waals surface area contributed by atoms with Crippen molar-refractivity contribution >= 4 is 29.6 Å². The predicted octanol–water partition coefficient (Wildman–Crippen LogP) is 6.98. The minimum absolute atomic E-state index is 0.118. The van der Waals surface area contributed by atoms with Crippen molar-refractivity contribution in [3.63, 3.8) is 0 Å². The second-order valence-corrected chi connectivity index (χ2v) is 13.5. The Morgan fingerprint density at radius 1 is 0.957 bits per heavy atom. The summed E-state index contributed by atoms with van der Waals surface area (Å²) >= 11 is 0. The van der Waals surface area contributed by atoms with Crippen LogP contribution in [-0.2, 0) is 31.2 Å². The van der Waals surface area contributed by atoms with Crippen LogP contribution in [0.3, 0.4) is 0 Å². The second kappa shape index (κ2) is 16.2. The molecule has 0 atom stereocenters. The number of aliphatic imine (C=N–C) groups is 1. The molecule has 0 aromatic heterocycles. The SMILES string of the molecule is CN(C(=O)CCCOc1ccc2c(c1)CN(CC(=O)OC(C)(C)c1ccccc1)C(NC(=O)OC1CCCCC1)=N2)C1CCCCC1. The van der Waals surface area contributed by atoms with Crippen LogP contribution >= 0.6 is 0 Å². The Morgan fingerprint density at radius 3 is 2.38 bits per heavy atom. The summed E-state index contributed by atoms with van der Waals surface area (Å²) in [6, 6.07) is 15.5. The lowest BCUT2D eigenvalue weighted by Gasteiger charge is -2.32. The molecule has 3 aliphatic rings. The number of ether oxygens (including phenoxy) is 3. The number of nitrogens with one attached hydrogen (secondary N) is 1. The molecule has 0 radical (unpaired) electrons. The van der Waals surface area contributed by atoms with Crippen LogP contribution in [0.15, 0.2) is 53.5 Å². The molecule has 0 spiro atoms. The van der Waals surface area contributed by atoms with Crippen molar-refractivity contribution in [3.8, 4) is 5.75 Å². The zero-order valence-corrected chi connectivity index (χ0v) is 28.2. The smallest absolute Gasteiger partial charge is 0.414 e. The van der Waals surface area contributed by atoms with Crippen LogP contribution in [0.4, 0.5) is 10.5 Å². The zero-order valence-electron chi connectivity index (χ0n) is 28.2. The maximum Gasteiger partial charge on any atom is 0.414 e. The Balaban J connectivity index is 1.22. The molecule has 0 bridgehead atoms. The van der Waals surface area contributed by atoms with E-state index in [4.69, 9.17) is 19.2 Å². The molecular formula is C37H50N4O6. The Morgan fingerprint density at radius 2 is 1.66 bits per heavy atom. The van der Waals surface area contributed by atoms with Crippen LogP contribution < -0.4 is 10.1 Å². The molecule has 1 aliphatic heterocycles. The van der Waals surface area contributed by atoms with Crippen LogP contribution in [0.5, 0.6) is 5.75 Å². The molecule has 0 saturated heterocycles. The summed E-state index contributed by atoms with van der Waals surface area (Å²) in [7, 11) is 1.92. The summed E-state index contributed by atoms with van der Waals surface area (Å²) in [5.74, 6) is 0.614. The van der Waals surface area contributed by atoms with Gasteiger partial charge in [-0.3, -0.25) is 14.9 Å². The van der Waals surface area contributed by atoms with Crippen molar-refractivity contribution in [1.29, 1.82) is 0 Å². The van der Waals surface area contributed by atoms with Gasteiger partial charge in [-0.05, 0) is 82.6 Å². The molecule has 2 amide bonds. The normalized spacial score (nSPS) is 17.3. The lowest BCUT2D eigenvalue weighted by molar-refractivity contribution is -0.158. The van der Waals surface area contributed by atoms with Gasteiger partial charge in [-0.15, -0.1) is 0 Å². The topological polar surface area (TPSA) is 110 Å². The number of esters is 1. The van der Waals surface area contributed by atoms with E-state index in [1.54, 1.807) is 4.90 Å². The fourth-order valence-electron chi connectivity index (χ4n) is 6.68. The van der Waals surface area contributed by atoms with Gasteiger partial charge in [-0.25, -0.2) is 9.79 Å². The first-order valence-electron chi connectivity index (χ1n) is 17.3. The fourth-order valence-corrected chi connectivity index (χ4v) is 6.68. The molecule has 5 rings (SSSR count). The third-order valence-corrected chi connectivity index (χ3v) is 9.46. The number of fused-ring (bicyclic) bond motifs is 1. The van der Waals surface area contributed by atoms with E-state index in [-0.39, 0.29) is 24.5 Å². The Bertz CT molecular complexity index is 1400. The maximum absolute atomic E-state index is 13.3. The van der Waals surface area contributed by atoms with Crippen molar-refractivity contribution in [2.24, 2.45) is 4.99 Å². The lowest BCUT2D eigenvalue weighted by atomic mass is 9.94. The molecule has 1 N–H and O–H groups in total. The van der Waals surface area contributed by atoms with Crippen LogP contribution in [0, 0.1) is 0 Å². The third-order valence-electron chi connectivity index (χ3n) is 9.46. The molecule has 2 fully saturated rings. The van der Waals surface area contributed by atoms with Crippen molar-refractivity contribution in [1.82, 2.24) is 15.1 Å². The summed E-state index contributed by atoms with van der Waals surface area (Å²) in [5, 5.41) is 2.80. The summed E-state index contributed by atoms with van der Waals surface area (Å²) in [4.78, 5) is 47.3. The summed E-state index contributed by atoms with van der Waals surface area (Å²) < 4.78 is 17.6. The highest BCUT2D eigenvalue weighted by atomic mass is 16.6. The zero-order chi connectivity index (χ0) is 33.2. The number of hydrogen-bond donors (Lipinski definition) is 1. The van der Waals surface area contributed by atoms with Crippen LogP contribution in [0.2, 0.25) is 0 Å². The van der Waals surface area contributed by atoms with Crippen LogP contribution in [-0.4, -0.2) is 66.1 Å². The summed E-state index contributed by atoms with van der Waals surface area (Å²) in [6.07, 6.45) is 11.1. The van der Waals surface area contributed by atoms with E-state index < -0.39 is 17.7 Å². The first kappa shape index (κ1) is 34.3. The first-order chi connectivity index (χ1) is 22.7. The van der Waals surface area contributed by atoms with E-state index in [1.807, 2.05) is 74.3 Å². The van der Waals surface area contributed by atoms with Gasteiger partial charge in [0.15, 0.2) is 0 Å². The molecule has 254 valence electrons. The number of benzene rings is 2. The quantitative estimate of drug-likeness (QED) is 0.207. The van der Waals surface area contributed by atoms with Gasteiger partial charge in [0.2, 0.25) is 11.9 Å². The number of nitrogens with zero attached hydrogens (tertiary/aromatic N) is 3. The van der Waals surface area contributed by atoms with Crippen molar-refractivity contribution in [2.75, 3.05) is 20.2 Å². The highest BCUT2D eigenvalue weighted by Gasteiger charge is 2.30. The van der Waals surface area contributed by atoms with E-state index in [9.17, 15) is 14.4 Å². The number of carbonyl (C=O) groups excluding carboxylic acids is 3. The Hall–Kier alpha value is -4.08. The van der Waals surface area contributed by atoms with E-state index in [0.29, 0.717) is 43.5 Å². The third kappa shape index (κ3) is 9.72. The molecule has 47 heavy (non-hydrogen) atoms. The van der Waals surface area contributed by atoms with E-state index in [2.05, 4.69) is 5.32 Å². The van der Waals surface area contributed by atoms with Crippen molar-refractivity contribution in [2.45, 2.75) is 115 Å². The maximum atomic E-state index is 13.3. The minimum atomic E-state index is -0.843. The van der Waals surface area contributed by atoms with Gasteiger partial charge in [0.05, 0.1) is 12.3 Å². The molecule has 0 unspecified atom stereocenters. The number of alkyl carbamates (subject to hydrolysis) is 1. The second-order valence-electron chi connectivity index (χ2n) is 13.5. The largest absolute Gasteiger partial charge is 0.494 e. The minimum Gasteiger partial charge on any atom is -0.494 e. The number of hydrogen-bond acceptors (Lipinski definition) is 8. The molecular weight excluding hydrogens is 596 g/mol. The van der Waals surface area contributed by atoms with E-state index >= 15 is 0 Å². The lowest BCUT2D eigenvalue weighted by Crippen LogP contribution is -2.48. The molecule has 10 nitrogen and oxygen atoms in total. The molecule has 1 heterocycles. The summed E-state index contributed by atoms with van der Waals surface area (Å²) in [6.45, 7) is 4.30. The highest BCUT2D eigenvalue weighted by molar-refractivity contribution is 5.97. The van der Waals surface area contributed by atoms with Gasteiger partial charge in [0, 0.05) is 31.6 Å². The Labute approximate surface area is 278 Å². The average molecular weight is 647 g/mol. The number of rotatable bonds is 11. The van der Waals surface area contributed by atoms with Gasteiger partial charge in [-0.1, -0.05) is 56.0 Å². The molecule has 2 aromatic carbocycles. The van der Waals surface area contributed by atoms with Crippen molar-refractivity contribution < 1.29 is 28.6 Å². The van der Waals surface area contributed by atoms with Gasteiger partial charge >= 0.3 is 12.1 Å². The molecule has 2 aromatic rings. The van der Waals surface area contributed by atoms with Gasteiger partial charge in [0.25, 0.3) is 0 Å².